The molecule has 5 rings (SSSR count). The number of piperidine rings is 1. The summed E-state index contributed by atoms with van der Waals surface area (Å²) in [7, 11) is -3.77. The van der Waals surface area contributed by atoms with Crippen LogP contribution in [-0.4, -0.2) is 38.3 Å². The van der Waals surface area contributed by atoms with E-state index < -0.39 is 10.0 Å². The molecule has 1 saturated carbocycles. The molecule has 2 fully saturated rings. The van der Waals surface area contributed by atoms with E-state index in [1.165, 1.54) is 16.4 Å². The van der Waals surface area contributed by atoms with Crippen molar-refractivity contribution in [3.8, 4) is 0 Å². The molecule has 0 atom stereocenters. The number of halogens is 1. The zero-order valence-corrected chi connectivity index (χ0v) is 18.3. The monoisotopic (exact) mass is 442 g/mol. The average Bonchev–Trinajstić information content (AvgIpc) is 3.40. The number of hydrogen-bond donors (Lipinski definition) is 0. The summed E-state index contributed by atoms with van der Waals surface area (Å²) < 4.78 is 43.1. The number of carbonyl (C=O) groups is 1. The first-order valence-electron chi connectivity index (χ1n) is 11.1. The van der Waals surface area contributed by atoms with Gasteiger partial charge >= 0.3 is 0 Å². The maximum Gasteiger partial charge on any atom is 0.259 e. The van der Waals surface area contributed by atoms with Gasteiger partial charge in [-0.1, -0.05) is 37.5 Å². The fourth-order valence-electron chi connectivity index (χ4n) is 5.63. The standard InChI is InChI=1S/C24H27FN2O3S/c25-19-10-8-11-20-22(19)24(13-4-5-14-24)17-27(20)23(28)18-9-2-3-12-21(18)31(29,30)26-15-6-1-7-16-26/h2-3,8-12H,1,4-7,13-17H2. The zero-order chi connectivity index (χ0) is 21.6. The van der Waals surface area contributed by atoms with Crippen LogP contribution in [-0.2, 0) is 15.4 Å². The highest BCUT2D eigenvalue weighted by Crippen LogP contribution is 2.51. The van der Waals surface area contributed by atoms with E-state index in [9.17, 15) is 17.6 Å². The van der Waals surface area contributed by atoms with E-state index in [1.807, 2.05) is 0 Å². The Bertz CT molecular complexity index is 1120. The fraction of sp³-hybridized carbons (Fsp3) is 0.458. The van der Waals surface area contributed by atoms with Gasteiger partial charge in [-0.15, -0.1) is 0 Å². The van der Waals surface area contributed by atoms with Crippen molar-refractivity contribution in [2.24, 2.45) is 0 Å². The maximum atomic E-state index is 14.9. The van der Waals surface area contributed by atoms with Crippen molar-refractivity contribution in [3.63, 3.8) is 0 Å². The van der Waals surface area contributed by atoms with Crippen LogP contribution in [0.3, 0.4) is 0 Å². The molecule has 2 aromatic rings. The third-order valence-corrected chi connectivity index (χ3v) is 9.09. The normalized spacial score (nSPS) is 20.9. The average molecular weight is 443 g/mol. The maximum absolute atomic E-state index is 14.9. The number of benzene rings is 2. The lowest BCUT2D eigenvalue weighted by Gasteiger charge is -2.28. The first-order valence-corrected chi connectivity index (χ1v) is 12.6. The van der Waals surface area contributed by atoms with Crippen LogP contribution in [0.1, 0.15) is 60.9 Å². The van der Waals surface area contributed by atoms with E-state index in [-0.39, 0.29) is 27.6 Å². The number of rotatable bonds is 3. The summed E-state index contributed by atoms with van der Waals surface area (Å²) in [5.74, 6) is -0.643. The molecule has 3 aliphatic rings. The van der Waals surface area contributed by atoms with E-state index in [0.717, 1.165) is 44.9 Å². The summed E-state index contributed by atoms with van der Waals surface area (Å²) in [5.41, 5.74) is 1.00. The Kier molecular flexibility index (Phi) is 5.13. The van der Waals surface area contributed by atoms with Crippen LogP contribution in [0.4, 0.5) is 10.1 Å². The number of sulfonamides is 1. The van der Waals surface area contributed by atoms with Gasteiger partial charge in [-0.2, -0.15) is 4.31 Å². The van der Waals surface area contributed by atoms with Crippen molar-refractivity contribution in [3.05, 3.63) is 59.4 Å². The number of hydrogen-bond acceptors (Lipinski definition) is 3. The summed E-state index contributed by atoms with van der Waals surface area (Å²) in [6.07, 6.45) is 6.39. The molecule has 5 nitrogen and oxygen atoms in total. The van der Waals surface area contributed by atoms with Gasteiger partial charge in [-0.25, -0.2) is 12.8 Å². The van der Waals surface area contributed by atoms with Gasteiger partial charge in [0.05, 0.1) is 16.1 Å². The predicted molar refractivity (Wildman–Crippen MR) is 117 cm³/mol. The molecule has 0 unspecified atom stereocenters. The molecule has 164 valence electrons. The fourth-order valence-corrected chi connectivity index (χ4v) is 7.33. The Morgan fingerprint density at radius 2 is 1.61 bits per heavy atom. The molecule has 0 bridgehead atoms. The minimum Gasteiger partial charge on any atom is -0.307 e. The number of anilines is 1. The lowest BCUT2D eigenvalue weighted by atomic mass is 9.80. The van der Waals surface area contributed by atoms with E-state index >= 15 is 0 Å². The molecule has 1 amide bonds. The Balaban J connectivity index is 1.56. The van der Waals surface area contributed by atoms with Crippen molar-refractivity contribution in [2.75, 3.05) is 24.5 Å². The molecule has 31 heavy (non-hydrogen) atoms. The first kappa shape index (κ1) is 20.6. The van der Waals surface area contributed by atoms with Crippen LogP contribution in [0.25, 0.3) is 0 Å². The van der Waals surface area contributed by atoms with Crippen molar-refractivity contribution in [1.82, 2.24) is 4.31 Å². The van der Waals surface area contributed by atoms with Crippen LogP contribution in [0, 0.1) is 5.82 Å². The number of carbonyl (C=O) groups excluding carboxylic acids is 1. The van der Waals surface area contributed by atoms with Crippen LogP contribution >= 0.6 is 0 Å². The summed E-state index contributed by atoms with van der Waals surface area (Å²) in [4.78, 5) is 15.4. The van der Waals surface area contributed by atoms with Gasteiger partial charge in [0.1, 0.15) is 5.82 Å². The molecule has 7 heteroatoms. The molecule has 0 aromatic heterocycles. The van der Waals surface area contributed by atoms with Crippen molar-refractivity contribution >= 4 is 21.6 Å². The van der Waals surface area contributed by atoms with Crippen LogP contribution in [0.5, 0.6) is 0 Å². The first-order chi connectivity index (χ1) is 14.9. The topological polar surface area (TPSA) is 57.7 Å². The van der Waals surface area contributed by atoms with Gasteiger partial charge in [-0.05, 0) is 49.9 Å². The molecule has 1 saturated heterocycles. The third-order valence-electron chi connectivity index (χ3n) is 7.13. The second kappa shape index (κ2) is 7.71. The molecule has 2 heterocycles. The molecule has 0 N–H and O–H groups in total. The minimum atomic E-state index is -3.77. The summed E-state index contributed by atoms with van der Waals surface area (Å²) in [5, 5.41) is 0. The predicted octanol–water partition coefficient (Wildman–Crippen LogP) is 4.47. The van der Waals surface area contributed by atoms with Crippen LogP contribution < -0.4 is 4.90 Å². The van der Waals surface area contributed by atoms with Gasteiger partial charge in [0, 0.05) is 30.6 Å². The van der Waals surface area contributed by atoms with Gasteiger partial charge in [0.2, 0.25) is 10.0 Å². The largest absolute Gasteiger partial charge is 0.307 e. The zero-order valence-electron chi connectivity index (χ0n) is 17.5. The van der Waals surface area contributed by atoms with Gasteiger partial charge in [0.25, 0.3) is 5.91 Å². The molecule has 1 aliphatic carbocycles. The second-order valence-corrected chi connectivity index (χ2v) is 10.9. The summed E-state index contributed by atoms with van der Waals surface area (Å²) >= 11 is 0. The molecule has 1 spiro atoms. The number of fused-ring (bicyclic) bond motifs is 2. The smallest absolute Gasteiger partial charge is 0.259 e. The summed E-state index contributed by atoms with van der Waals surface area (Å²) in [6.45, 7) is 1.36. The molecule has 2 aliphatic heterocycles. The minimum absolute atomic E-state index is 0.0484. The highest BCUT2D eigenvalue weighted by Gasteiger charge is 2.48. The lowest BCUT2D eigenvalue weighted by molar-refractivity contribution is 0.0981. The quantitative estimate of drug-likeness (QED) is 0.705. The van der Waals surface area contributed by atoms with Crippen molar-refractivity contribution in [2.45, 2.75) is 55.3 Å². The van der Waals surface area contributed by atoms with Gasteiger partial charge in [0.15, 0.2) is 0 Å². The SMILES string of the molecule is O=C(c1ccccc1S(=O)(=O)N1CCCCC1)N1CC2(CCCC2)c2c(F)cccc21. The van der Waals surface area contributed by atoms with E-state index in [2.05, 4.69) is 0 Å². The second-order valence-electron chi connectivity index (χ2n) is 8.97. The third kappa shape index (κ3) is 3.29. The number of amides is 1. The molecule has 0 radical (unpaired) electrons. The van der Waals surface area contributed by atoms with Crippen LogP contribution in [0.2, 0.25) is 0 Å². The van der Waals surface area contributed by atoms with Crippen molar-refractivity contribution < 1.29 is 17.6 Å². The highest BCUT2D eigenvalue weighted by molar-refractivity contribution is 7.89. The highest BCUT2D eigenvalue weighted by atomic mass is 32.2. The lowest BCUT2D eigenvalue weighted by Crippen LogP contribution is -2.39. The molecular weight excluding hydrogens is 415 g/mol. The molecule has 2 aromatic carbocycles. The molecular formula is C24H27FN2O3S. The van der Waals surface area contributed by atoms with Gasteiger partial charge < -0.3 is 4.90 Å². The summed E-state index contributed by atoms with van der Waals surface area (Å²) in [6, 6.07) is 11.3. The van der Waals surface area contributed by atoms with Crippen LogP contribution in [0.15, 0.2) is 47.4 Å². The van der Waals surface area contributed by atoms with Crippen molar-refractivity contribution in [1.29, 1.82) is 0 Å². The number of nitrogens with zero attached hydrogens (tertiary/aromatic N) is 2. The van der Waals surface area contributed by atoms with E-state index in [0.29, 0.717) is 30.9 Å². The Morgan fingerprint density at radius 3 is 2.35 bits per heavy atom. The Hall–Kier alpha value is -2.25. The van der Waals surface area contributed by atoms with Gasteiger partial charge in [-0.3, -0.25) is 4.79 Å². The van der Waals surface area contributed by atoms with E-state index in [1.54, 1.807) is 35.2 Å². The van der Waals surface area contributed by atoms with E-state index in [4.69, 9.17) is 0 Å². The Morgan fingerprint density at radius 1 is 0.903 bits per heavy atom. The Labute approximate surface area is 182 Å².